The average Bonchev–Trinajstić information content (AvgIpc) is 3.30. The zero-order valence-corrected chi connectivity index (χ0v) is 18.3. The van der Waals surface area contributed by atoms with Crippen molar-refractivity contribution in [3.05, 3.63) is 22.4 Å². The molecule has 7 heteroatoms. The van der Waals surface area contributed by atoms with Gasteiger partial charge in [0.15, 0.2) is 11.9 Å². The van der Waals surface area contributed by atoms with Crippen molar-refractivity contribution in [2.75, 3.05) is 13.2 Å². The van der Waals surface area contributed by atoms with Crippen molar-refractivity contribution in [2.45, 2.75) is 73.7 Å². The van der Waals surface area contributed by atoms with E-state index >= 15 is 0 Å². The number of hydrogen-bond acceptors (Lipinski definition) is 5. The van der Waals surface area contributed by atoms with Crippen LogP contribution in [-0.4, -0.2) is 42.5 Å². The molecular weight excluding hydrogens is 354 g/mol. The third-order valence-corrected chi connectivity index (χ3v) is 3.40. The zero-order chi connectivity index (χ0) is 21.0. The van der Waals surface area contributed by atoms with Gasteiger partial charge in [0.05, 0.1) is 6.61 Å². The van der Waals surface area contributed by atoms with Gasteiger partial charge in [-0.05, 0) is 31.7 Å². The number of hydrogen-bond donors (Lipinski definition) is 2. The third-order valence-electron chi connectivity index (χ3n) is 2.46. The fourth-order valence-corrected chi connectivity index (χ4v) is 2.23. The Balaban J connectivity index is -0.000000316. The predicted molar refractivity (Wildman–Crippen MR) is 109 cm³/mol. The summed E-state index contributed by atoms with van der Waals surface area (Å²) in [6, 6.07) is 4.08. The minimum atomic E-state index is -0.967. The van der Waals surface area contributed by atoms with E-state index in [1.807, 2.05) is 53.0 Å². The number of carboxylic acid groups (broad SMARTS) is 1. The first-order chi connectivity index (χ1) is 12.4. The Morgan fingerprint density at radius 1 is 1.31 bits per heavy atom. The third kappa shape index (κ3) is 16.1. The summed E-state index contributed by atoms with van der Waals surface area (Å²) in [4.78, 5) is 21.4. The Morgan fingerprint density at radius 3 is 2.19 bits per heavy atom. The molecule has 1 amide bonds. The van der Waals surface area contributed by atoms with Crippen LogP contribution in [0, 0.1) is 0 Å². The molecule has 0 bridgehead atoms. The Bertz CT molecular complexity index is 422. The summed E-state index contributed by atoms with van der Waals surface area (Å²) in [5.74, 6) is -1.70. The Morgan fingerprint density at radius 2 is 1.88 bits per heavy atom. The van der Waals surface area contributed by atoms with Gasteiger partial charge in [-0.15, -0.1) is 11.3 Å². The second kappa shape index (κ2) is 19.9. The van der Waals surface area contributed by atoms with Gasteiger partial charge >= 0.3 is 5.97 Å². The number of carboxylic acids is 1. The molecular formula is C19H37NO5S. The van der Waals surface area contributed by atoms with Crippen molar-refractivity contribution < 1.29 is 24.2 Å². The molecule has 0 aliphatic carbocycles. The van der Waals surface area contributed by atoms with Crippen molar-refractivity contribution in [1.29, 1.82) is 0 Å². The minimum absolute atomic E-state index is 0.141. The van der Waals surface area contributed by atoms with Gasteiger partial charge in [0.2, 0.25) is 6.41 Å². The summed E-state index contributed by atoms with van der Waals surface area (Å²) in [7, 11) is 0. The molecule has 6 nitrogen and oxygen atoms in total. The minimum Gasteiger partial charge on any atom is -0.479 e. The fourth-order valence-electron chi connectivity index (χ4n) is 1.52. The van der Waals surface area contributed by atoms with Crippen LogP contribution in [0.5, 0.6) is 0 Å². The number of aliphatic carboxylic acids is 1. The topological polar surface area (TPSA) is 84.9 Å². The fraction of sp³-hybridized carbons (Fsp3) is 0.684. The van der Waals surface area contributed by atoms with Crippen molar-refractivity contribution in [1.82, 2.24) is 5.32 Å². The number of thiophene rings is 1. The number of carbonyl (C=O) groups is 2. The standard InChI is InChI=1S/C7H9NOS.C6H10O4.3C2H6/c9-6-8-4-3-7-2-1-5-10-7;1-6(2)9-3-4(10-6)5(7)8;3*1-2/h1-2,5-6H,3-4H2,(H,8,9);4H,3H2,1-2H3,(H,7,8);3*1-2H3/t;4-;;;/m.1.../s1. The zero-order valence-electron chi connectivity index (χ0n) is 17.5. The van der Waals surface area contributed by atoms with Crippen LogP contribution < -0.4 is 5.32 Å². The molecule has 1 aliphatic heterocycles. The highest BCUT2D eigenvalue weighted by Crippen LogP contribution is 2.21. The SMILES string of the molecule is CC.CC.CC.CC1(C)OC[C@H](C(=O)O)O1.O=CNCCc1cccs1. The van der Waals surface area contributed by atoms with E-state index in [0.717, 1.165) is 19.4 Å². The van der Waals surface area contributed by atoms with E-state index < -0.39 is 17.9 Å². The molecule has 0 aromatic carbocycles. The van der Waals surface area contributed by atoms with Gasteiger partial charge in [-0.2, -0.15) is 0 Å². The number of nitrogens with one attached hydrogen (secondary N) is 1. The summed E-state index contributed by atoms with van der Waals surface area (Å²) < 4.78 is 10.00. The van der Waals surface area contributed by atoms with Gasteiger partial charge in [-0.1, -0.05) is 47.6 Å². The molecule has 0 spiro atoms. The van der Waals surface area contributed by atoms with Crippen LogP contribution in [0.15, 0.2) is 17.5 Å². The van der Waals surface area contributed by atoms with E-state index in [2.05, 4.69) is 11.4 Å². The second-order valence-corrected chi connectivity index (χ2v) is 5.59. The van der Waals surface area contributed by atoms with Gasteiger partial charge in [0, 0.05) is 11.4 Å². The Hall–Kier alpha value is -1.44. The van der Waals surface area contributed by atoms with Gasteiger partial charge < -0.3 is 19.9 Å². The summed E-state index contributed by atoms with van der Waals surface area (Å²) in [5.41, 5.74) is 0. The van der Waals surface area contributed by atoms with Crippen molar-refractivity contribution in [3.63, 3.8) is 0 Å². The average molecular weight is 392 g/mol. The van der Waals surface area contributed by atoms with Crippen LogP contribution in [0.4, 0.5) is 0 Å². The van der Waals surface area contributed by atoms with E-state index in [1.165, 1.54) is 4.88 Å². The second-order valence-electron chi connectivity index (χ2n) is 4.56. The van der Waals surface area contributed by atoms with Crippen LogP contribution in [-0.2, 0) is 25.5 Å². The van der Waals surface area contributed by atoms with E-state index in [1.54, 1.807) is 25.2 Å². The summed E-state index contributed by atoms with van der Waals surface area (Å²) >= 11 is 1.72. The molecule has 1 atom stereocenters. The number of carbonyl (C=O) groups excluding carboxylic acids is 1. The molecule has 1 saturated heterocycles. The molecule has 0 radical (unpaired) electrons. The van der Waals surface area contributed by atoms with Crippen LogP contribution in [0.1, 0.15) is 60.3 Å². The van der Waals surface area contributed by atoms with Crippen LogP contribution in [0.3, 0.4) is 0 Å². The summed E-state index contributed by atoms with van der Waals surface area (Å²) in [5, 5.41) is 13.1. The van der Waals surface area contributed by atoms with Gasteiger partial charge in [0.1, 0.15) is 0 Å². The number of amides is 1. The molecule has 2 heterocycles. The smallest absolute Gasteiger partial charge is 0.335 e. The van der Waals surface area contributed by atoms with E-state index in [0.29, 0.717) is 0 Å². The highest BCUT2D eigenvalue weighted by molar-refractivity contribution is 7.09. The first kappa shape index (κ1) is 29.3. The molecule has 1 fully saturated rings. The molecule has 0 saturated carbocycles. The maximum Gasteiger partial charge on any atom is 0.335 e. The Labute approximate surface area is 162 Å². The lowest BCUT2D eigenvalue weighted by Crippen LogP contribution is -2.26. The number of rotatable bonds is 5. The Kier molecular flexibility index (Phi) is 22.4. The largest absolute Gasteiger partial charge is 0.479 e. The summed E-state index contributed by atoms with van der Waals surface area (Å²) in [6.45, 7) is 16.3. The van der Waals surface area contributed by atoms with Crippen LogP contribution in [0.2, 0.25) is 0 Å². The molecule has 154 valence electrons. The van der Waals surface area contributed by atoms with E-state index in [4.69, 9.17) is 14.6 Å². The lowest BCUT2D eigenvalue weighted by molar-refractivity contribution is -0.164. The molecule has 1 aromatic rings. The van der Waals surface area contributed by atoms with Gasteiger partial charge in [0.25, 0.3) is 0 Å². The van der Waals surface area contributed by atoms with Crippen molar-refractivity contribution in [2.24, 2.45) is 0 Å². The molecule has 26 heavy (non-hydrogen) atoms. The highest BCUT2D eigenvalue weighted by Gasteiger charge is 2.36. The van der Waals surface area contributed by atoms with Gasteiger partial charge in [-0.25, -0.2) is 4.79 Å². The van der Waals surface area contributed by atoms with Crippen LogP contribution >= 0.6 is 11.3 Å². The van der Waals surface area contributed by atoms with Gasteiger partial charge in [-0.3, -0.25) is 4.79 Å². The maximum absolute atomic E-state index is 10.3. The molecule has 2 N–H and O–H groups in total. The monoisotopic (exact) mass is 391 g/mol. The normalized spacial score (nSPS) is 15.9. The lowest BCUT2D eigenvalue weighted by Gasteiger charge is -2.15. The van der Waals surface area contributed by atoms with E-state index in [-0.39, 0.29) is 6.61 Å². The molecule has 0 unspecified atom stereocenters. The molecule has 2 rings (SSSR count). The first-order valence-corrected chi connectivity index (χ1v) is 10.1. The summed E-state index contributed by atoms with van der Waals surface area (Å²) in [6.07, 6.45) is 0.874. The van der Waals surface area contributed by atoms with Crippen molar-refractivity contribution in [3.8, 4) is 0 Å². The number of ether oxygens (including phenoxy) is 2. The van der Waals surface area contributed by atoms with E-state index in [9.17, 15) is 9.59 Å². The van der Waals surface area contributed by atoms with Crippen molar-refractivity contribution >= 4 is 23.7 Å². The quantitative estimate of drug-likeness (QED) is 0.576. The molecule has 1 aromatic heterocycles. The maximum atomic E-state index is 10.3. The molecule has 1 aliphatic rings. The highest BCUT2D eigenvalue weighted by atomic mass is 32.1. The lowest BCUT2D eigenvalue weighted by atomic mass is 10.3. The first-order valence-electron chi connectivity index (χ1n) is 9.18. The van der Waals surface area contributed by atoms with Crippen LogP contribution in [0.25, 0.3) is 0 Å². The predicted octanol–water partition coefficient (Wildman–Crippen LogP) is 4.34.